The molecule has 1 aromatic heterocycles. The predicted molar refractivity (Wildman–Crippen MR) is 93.0 cm³/mol. The molecule has 0 aliphatic rings. The van der Waals surface area contributed by atoms with E-state index in [0.29, 0.717) is 17.6 Å². The van der Waals surface area contributed by atoms with E-state index in [9.17, 15) is 9.59 Å². The van der Waals surface area contributed by atoms with Crippen molar-refractivity contribution in [3.05, 3.63) is 35.2 Å². The predicted octanol–water partition coefficient (Wildman–Crippen LogP) is 3.96. The molecule has 24 heavy (non-hydrogen) atoms. The van der Waals surface area contributed by atoms with E-state index >= 15 is 0 Å². The highest BCUT2D eigenvalue weighted by molar-refractivity contribution is 7.13. The Kier molecular flexibility index (Phi) is 5.62. The van der Waals surface area contributed by atoms with E-state index in [1.54, 1.807) is 51.4 Å². The number of hydrogen-bond donors (Lipinski definition) is 0. The summed E-state index contributed by atoms with van der Waals surface area (Å²) in [5, 5.41) is 1.95. The summed E-state index contributed by atoms with van der Waals surface area (Å²) in [5.74, 6) is 0.348. The second-order valence-electron chi connectivity index (χ2n) is 5.52. The molecule has 0 amide bonds. The van der Waals surface area contributed by atoms with Gasteiger partial charge in [-0.3, -0.25) is 4.79 Å². The third-order valence-electron chi connectivity index (χ3n) is 3.38. The van der Waals surface area contributed by atoms with E-state index in [2.05, 4.69) is 0 Å². The summed E-state index contributed by atoms with van der Waals surface area (Å²) in [6.45, 7) is 5.18. The van der Waals surface area contributed by atoms with Crippen molar-refractivity contribution < 1.29 is 23.8 Å². The van der Waals surface area contributed by atoms with Gasteiger partial charge in [0.15, 0.2) is 11.9 Å². The Morgan fingerprint density at radius 1 is 1.29 bits per heavy atom. The Balaban J connectivity index is 2.44. The molecular formula is C18H20O5S. The third kappa shape index (κ3) is 3.76. The molecule has 6 heteroatoms. The number of ether oxygens (including phenoxy) is 3. The zero-order chi connectivity index (χ0) is 17.7. The lowest BCUT2D eigenvalue weighted by Gasteiger charge is -2.25. The maximum absolute atomic E-state index is 12.0. The number of carbonyl (C=O) groups is 2. The van der Waals surface area contributed by atoms with Crippen molar-refractivity contribution in [2.75, 3.05) is 13.7 Å². The molecular weight excluding hydrogens is 328 g/mol. The van der Waals surface area contributed by atoms with E-state index in [1.807, 2.05) is 17.5 Å². The van der Waals surface area contributed by atoms with Gasteiger partial charge in [0.25, 0.3) is 0 Å². The van der Waals surface area contributed by atoms with Gasteiger partial charge in [0, 0.05) is 16.5 Å². The van der Waals surface area contributed by atoms with Crippen LogP contribution >= 0.6 is 11.3 Å². The van der Waals surface area contributed by atoms with Crippen molar-refractivity contribution in [2.45, 2.75) is 26.4 Å². The Morgan fingerprint density at radius 3 is 2.58 bits per heavy atom. The minimum Gasteiger partial charge on any atom is -0.496 e. The normalized spacial score (nSPS) is 11.0. The molecule has 0 unspecified atom stereocenters. The Morgan fingerprint density at radius 2 is 2.04 bits per heavy atom. The van der Waals surface area contributed by atoms with Crippen LogP contribution in [-0.4, -0.2) is 31.6 Å². The first-order valence-electron chi connectivity index (χ1n) is 7.50. The summed E-state index contributed by atoms with van der Waals surface area (Å²) < 4.78 is 16.2. The molecule has 0 saturated heterocycles. The van der Waals surface area contributed by atoms with E-state index < -0.39 is 11.6 Å². The summed E-state index contributed by atoms with van der Waals surface area (Å²) >= 11 is 1.54. The minimum atomic E-state index is -1.22. The first-order valence-corrected chi connectivity index (χ1v) is 8.38. The van der Waals surface area contributed by atoms with Gasteiger partial charge in [0.1, 0.15) is 11.5 Å². The number of rotatable bonds is 7. The molecule has 2 aromatic rings. The molecule has 0 spiro atoms. The van der Waals surface area contributed by atoms with Gasteiger partial charge in [-0.1, -0.05) is 6.07 Å². The molecule has 2 rings (SSSR count). The SMILES string of the molecule is CCOC(=O)C(C)(C)Oc1cc(OC)c(-c2cccs2)cc1C=O. The van der Waals surface area contributed by atoms with Crippen LogP contribution in [0.2, 0.25) is 0 Å². The average molecular weight is 348 g/mol. The molecule has 0 fully saturated rings. The minimum absolute atomic E-state index is 0.257. The fraction of sp³-hybridized carbons (Fsp3) is 0.333. The van der Waals surface area contributed by atoms with Gasteiger partial charge in [0.05, 0.1) is 19.3 Å². The quantitative estimate of drug-likeness (QED) is 0.560. The van der Waals surface area contributed by atoms with Gasteiger partial charge in [-0.2, -0.15) is 0 Å². The standard InChI is InChI=1S/C18H20O5S/c1-5-22-17(20)18(2,3)23-14-10-15(21-4)13(9-12(14)11-19)16-7-6-8-24-16/h6-11H,5H2,1-4H3. The van der Waals surface area contributed by atoms with Crippen LogP contribution in [0.15, 0.2) is 29.6 Å². The topological polar surface area (TPSA) is 61.8 Å². The average Bonchev–Trinajstić information content (AvgIpc) is 3.08. The molecule has 0 atom stereocenters. The molecule has 0 bridgehead atoms. The summed E-state index contributed by atoms with van der Waals surface area (Å²) in [6.07, 6.45) is 0.702. The first-order chi connectivity index (χ1) is 11.4. The van der Waals surface area contributed by atoms with Gasteiger partial charge < -0.3 is 14.2 Å². The number of aldehydes is 1. The lowest BCUT2D eigenvalue weighted by molar-refractivity contribution is -0.158. The highest BCUT2D eigenvalue weighted by Gasteiger charge is 2.32. The van der Waals surface area contributed by atoms with Crippen molar-refractivity contribution in [1.82, 2.24) is 0 Å². The molecule has 1 aromatic carbocycles. The van der Waals surface area contributed by atoms with Gasteiger partial charge in [-0.25, -0.2) is 4.79 Å². The van der Waals surface area contributed by atoms with Crippen molar-refractivity contribution in [2.24, 2.45) is 0 Å². The van der Waals surface area contributed by atoms with Gasteiger partial charge in [-0.05, 0) is 38.3 Å². The van der Waals surface area contributed by atoms with Crippen molar-refractivity contribution in [3.63, 3.8) is 0 Å². The summed E-state index contributed by atoms with van der Waals surface area (Å²) in [5.41, 5.74) is -0.0732. The maximum atomic E-state index is 12.0. The van der Waals surface area contributed by atoms with E-state index in [0.717, 1.165) is 10.4 Å². The number of esters is 1. The molecule has 5 nitrogen and oxygen atoms in total. The van der Waals surface area contributed by atoms with E-state index in [4.69, 9.17) is 14.2 Å². The highest BCUT2D eigenvalue weighted by atomic mass is 32.1. The highest BCUT2D eigenvalue weighted by Crippen LogP contribution is 2.38. The molecule has 0 N–H and O–H groups in total. The third-order valence-corrected chi connectivity index (χ3v) is 4.28. The van der Waals surface area contributed by atoms with Gasteiger partial charge in [0.2, 0.25) is 0 Å². The first kappa shape index (κ1) is 18.0. The second kappa shape index (κ2) is 7.49. The molecule has 0 radical (unpaired) electrons. The van der Waals surface area contributed by atoms with Crippen LogP contribution in [0.1, 0.15) is 31.1 Å². The van der Waals surface area contributed by atoms with Crippen LogP contribution < -0.4 is 9.47 Å². The largest absolute Gasteiger partial charge is 0.496 e. The molecule has 0 saturated carbocycles. The number of hydrogen-bond acceptors (Lipinski definition) is 6. The lowest BCUT2D eigenvalue weighted by atomic mass is 10.1. The van der Waals surface area contributed by atoms with E-state index in [1.165, 1.54) is 0 Å². The number of methoxy groups -OCH3 is 1. The van der Waals surface area contributed by atoms with Gasteiger partial charge in [-0.15, -0.1) is 11.3 Å². The molecule has 0 aliphatic carbocycles. The lowest BCUT2D eigenvalue weighted by Crippen LogP contribution is -2.40. The Labute approximate surface area is 145 Å². The molecule has 0 aliphatic heterocycles. The summed E-state index contributed by atoms with van der Waals surface area (Å²) in [4.78, 5) is 24.5. The second-order valence-corrected chi connectivity index (χ2v) is 6.47. The smallest absolute Gasteiger partial charge is 0.349 e. The van der Waals surface area contributed by atoms with Crippen molar-refractivity contribution >= 4 is 23.6 Å². The van der Waals surface area contributed by atoms with Crippen LogP contribution in [0.25, 0.3) is 10.4 Å². The van der Waals surface area contributed by atoms with Crippen LogP contribution in [0.3, 0.4) is 0 Å². The van der Waals surface area contributed by atoms with Crippen LogP contribution in [0.4, 0.5) is 0 Å². The van der Waals surface area contributed by atoms with Crippen LogP contribution in [0.5, 0.6) is 11.5 Å². The fourth-order valence-electron chi connectivity index (χ4n) is 2.17. The van der Waals surface area contributed by atoms with Crippen molar-refractivity contribution in [3.8, 4) is 21.9 Å². The zero-order valence-corrected chi connectivity index (χ0v) is 14.9. The number of thiophene rings is 1. The Hall–Kier alpha value is -2.34. The Bertz CT molecular complexity index is 719. The van der Waals surface area contributed by atoms with Crippen molar-refractivity contribution in [1.29, 1.82) is 0 Å². The fourth-order valence-corrected chi connectivity index (χ4v) is 2.92. The molecule has 128 valence electrons. The van der Waals surface area contributed by atoms with Gasteiger partial charge >= 0.3 is 5.97 Å². The maximum Gasteiger partial charge on any atom is 0.349 e. The zero-order valence-electron chi connectivity index (χ0n) is 14.1. The number of benzene rings is 1. The molecule has 1 heterocycles. The van der Waals surface area contributed by atoms with E-state index in [-0.39, 0.29) is 12.4 Å². The number of carbonyl (C=O) groups excluding carboxylic acids is 2. The monoisotopic (exact) mass is 348 g/mol. The van der Waals surface area contributed by atoms with Crippen LogP contribution in [0, 0.1) is 0 Å². The summed E-state index contributed by atoms with van der Waals surface area (Å²) in [6, 6.07) is 7.20. The van der Waals surface area contributed by atoms with Crippen LogP contribution in [-0.2, 0) is 9.53 Å². The summed E-state index contributed by atoms with van der Waals surface area (Å²) in [7, 11) is 1.55.